The Labute approximate surface area is 223 Å². The zero-order chi connectivity index (χ0) is 25.3. The molecule has 1 amide bonds. The van der Waals surface area contributed by atoms with E-state index in [0.717, 1.165) is 5.56 Å². The van der Waals surface area contributed by atoms with E-state index in [9.17, 15) is 10.1 Å². The first-order chi connectivity index (χ1) is 17.4. The maximum atomic E-state index is 13.5. The maximum absolute atomic E-state index is 13.5. The number of oxazole rings is 1. The molecule has 4 aromatic rings. The smallest absolute Gasteiger partial charge is 0.309 e. The number of carbonyl (C=O) groups excluding carboxylic acids is 1. The lowest BCUT2D eigenvalue weighted by molar-refractivity contribution is 0.0652. The lowest BCUT2D eigenvalue weighted by atomic mass is 9.74. The SMILES string of the molecule is N#CC1(c2ccccc2)CCN(C(=O)c2nc(-c3ccc(Cl)cc3Cl)c(-c3ccc(Cl)cc3)o2)CC1. The van der Waals surface area contributed by atoms with Crippen molar-refractivity contribution >= 4 is 40.7 Å². The summed E-state index contributed by atoms with van der Waals surface area (Å²) in [5.41, 5.74) is 2.10. The molecule has 1 aliphatic heterocycles. The molecule has 5 rings (SSSR count). The summed E-state index contributed by atoms with van der Waals surface area (Å²) in [6.45, 7) is 0.827. The molecule has 0 unspecified atom stereocenters. The van der Waals surface area contributed by atoms with E-state index in [4.69, 9.17) is 39.2 Å². The summed E-state index contributed by atoms with van der Waals surface area (Å²) in [6, 6.07) is 24.4. The molecule has 1 aromatic heterocycles. The lowest BCUT2D eigenvalue weighted by Crippen LogP contribution is -2.44. The molecule has 8 heteroatoms. The van der Waals surface area contributed by atoms with Crippen molar-refractivity contribution in [2.75, 3.05) is 13.1 Å². The Balaban J connectivity index is 1.47. The monoisotopic (exact) mass is 535 g/mol. The van der Waals surface area contributed by atoms with Crippen LogP contribution in [-0.4, -0.2) is 28.9 Å². The molecule has 0 bridgehead atoms. The van der Waals surface area contributed by atoms with Crippen LogP contribution >= 0.6 is 34.8 Å². The van der Waals surface area contributed by atoms with Gasteiger partial charge in [0.2, 0.25) is 0 Å². The van der Waals surface area contributed by atoms with Crippen LogP contribution in [0.5, 0.6) is 0 Å². The minimum Gasteiger partial charge on any atom is -0.432 e. The standard InChI is InChI=1S/C28H20Cl3N3O2/c29-20-8-6-18(7-9-20)25-24(22-11-10-21(30)16-23(22)31)33-26(36-25)27(35)34-14-12-28(17-32,13-15-34)19-4-2-1-3-5-19/h1-11,16H,12-15H2. The Morgan fingerprint density at radius 2 is 1.61 bits per heavy atom. The number of nitriles is 1. The largest absolute Gasteiger partial charge is 0.432 e. The third kappa shape index (κ3) is 4.60. The van der Waals surface area contributed by atoms with Gasteiger partial charge in [-0.2, -0.15) is 5.26 Å². The van der Waals surface area contributed by atoms with Gasteiger partial charge in [0, 0.05) is 34.3 Å². The predicted molar refractivity (Wildman–Crippen MR) is 141 cm³/mol. The number of halogens is 3. The highest BCUT2D eigenvalue weighted by molar-refractivity contribution is 6.36. The first kappa shape index (κ1) is 24.4. The van der Waals surface area contributed by atoms with Gasteiger partial charge < -0.3 is 9.32 Å². The van der Waals surface area contributed by atoms with Gasteiger partial charge in [-0.05, 0) is 60.9 Å². The van der Waals surface area contributed by atoms with Crippen LogP contribution < -0.4 is 0 Å². The molecule has 0 spiro atoms. The number of hydrogen-bond donors (Lipinski definition) is 0. The average Bonchev–Trinajstić information content (AvgIpc) is 3.34. The van der Waals surface area contributed by atoms with Crippen LogP contribution in [0, 0.1) is 11.3 Å². The van der Waals surface area contributed by atoms with Gasteiger partial charge in [0.1, 0.15) is 5.69 Å². The van der Waals surface area contributed by atoms with Gasteiger partial charge in [0.05, 0.1) is 16.5 Å². The van der Waals surface area contributed by atoms with Crippen LogP contribution in [0.2, 0.25) is 15.1 Å². The molecule has 0 atom stereocenters. The number of likely N-dealkylation sites (tertiary alicyclic amines) is 1. The molecule has 1 aliphatic rings. The average molecular weight is 537 g/mol. The first-order valence-electron chi connectivity index (χ1n) is 11.4. The van der Waals surface area contributed by atoms with Crippen molar-refractivity contribution in [3.63, 3.8) is 0 Å². The Hall–Kier alpha value is -3.30. The van der Waals surface area contributed by atoms with E-state index in [2.05, 4.69) is 11.1 Å². The minimum absolute atomic E-state index is 0.0369. The molecule has 0 saturated carbocycles. The third-order valence-electron chi connectivity index (χ3n) is 6.55. The van der Waals surface area contributed by atoms with Crippen molar-refractivity contribution in [3.8, 4) is 28.7 Å². The fraction of sp³-hybridized carbons (Fsp3) is 0.179. The summed E-state index contributed by atoms with van der Waals surface area (Å²) in [7, 11) is 0. The second-order valence-corrected chi connectivity index (χ2v) is 9.96. The van der Waals surface area contributed by atoms with Crippen molar-refractivity contribution < 1.29 is 9.21 Å². The normalized spacial score (nSPS) is 14.9. The van der Waals surface area contributed by atoms with E-state index in [0.29, 0.717) is 63.6 Å². The molecular formula is C28H20Cl3N3O2. The molecular weight excluding hydrogens is 517 g/mol. The molecule has 1 fully saturated rings. The van der Waals surface area contributed by atoms with Crippen LogP contribution in [0.25, 0.3) is 22.6 Å². The number of benzene rings is 3. The number of aromatic nitrogens is 1. The van der Waals surface area contributed by atoms with Gasteiger partial charge in [0.25, 0.3) is 5.89 Å². The predicted octanol–water partition coefficient (Wildman–Crippen LogP) is 7.67. The van der Waals surface area contributed by atoms with E-state index in [1.54, 1.807) is 47.4 Å². The number of piperidine rings is 1. The zero-order valence-electron chi connectivity index (χ0n) is 19.0. The van der Waals surface area contributed by atoms with Crippen molar-refractivity contribution in [1.82, 2.24) is 9.88 Å². The number of rotatable bonds is 4. The van der Waals surface area contributed by atoms with Gasteiger partial charge in [-0.3, -0.25) is 4.79 Å². The quantitative estimate of drug-likeness (QED) is 0.268. The molecule has 3 aromatic carbocycles. The molecule has 5 nitrogen and oxygen atoms in total. The summed E-state index contributed by atoms with van der Waals surface area (Å²) in [4.78, 5) is 19.7. The van der Waals surface area contributed by atoms with Crippen LogP contribution in [0.3, 0.4) is 0 Å². The highest BCUT2D eigenvalue weighted by atomic mass is 35.5. The van der Waals surface area contributed by atoms with Crippen LogP contribution in [0.4, 0.5) is 0 Å². The number of carbonyl (C=O) groups is 1. The number of nitrogens with zero attached hydrogens (tertiary/aromatic N) is 3. The van der Waals surface area contributed by atoms with E-state index in [-0.39, 0.29) is 11.8 Å². The third-order valence-corrected chi connectivity index (χ3v) is 7.35. The summed E-state index contributed by atoms with van der Waals surface area (Å²) < 4.78 is 6.06. The van der Waals surface area contributed by atoms with E-state index in [1.165, 1.54) is 0 Å². The second kappa shape index (κ2) is 9.99. The van der Waals surface area contributed by atoms with Crippen molar-refractivity contribution in [2.45, 2.75) is 18.3 Å². The summed E-state index contributed by atoms with van der Waals surface area (Å²) in [6.07, 6.45) is 1.06. The highest BCUT2D eigenvalue weighted by Gasteiger charge is 2.39. The molecule has 0 aliphatic carbocycles. The topological polar surface area (TPSA) is 70.1 Å². The van der Waals surface area contributed by atoms with Crippen LogP contribution in [-0.2, 0) is 5.41 Å². The molecule has 36 heavy (non-hydrogen) atoms. The fourth-order valence-electron chi connectivity index (χ4n) is 4.52. The Kier molecular flexibility index (Phi) is 6.77. The van der Waals surface area contributed by atoms with Gasteiger partial charge in [0.15, 0.2) is 5.76 Å². The lowest BCUT2D eigenvalue weighted by Gasteiger charge is -2.37. The van der Waals surface area contributed by atoms with Crippen molar-refractivity contribution in [3.05, 3.63) is 99.3 Å². The first-order valence-corrected chi connectivity index (χ1v) is 12.5. The van der Waals surface area contributed by atoms with Crippen LogP contribution in [0.15, 0.2) is 77.2 Å². The fourth-order valence-corrected chi connectivity index (χ4v) is 5.15. The molecule has 0 radical (unpaired) electrons. The van der Waals surface area contributed by atoms with Crippen molar-refractivity contribution in [2.24, 2.45) is 0 Å². The maximum Gasteiger partial charge on any atom is 0.309 e. The Morgan fingerprint density at radius 1 is 0.944 bits per heavy atom. The zero-order valence-corrected chi connectivity index (χ0v) is 21.3. The van der Waals surface area contributed by atoms with Gasteiger partial charge in [-0.15, -0.1) is 0 Å². The van der Waals surface area contributed by atoms with Gasteiger partial charge in [-0.1, -0.05) is 65.1 Å². The van der Waals surface area contributed by atoms with E-state index < -0.39 is 5.41 Å². The van der Waals surface area contributed by atoms with E-state index in [1.807, 2.05) is 30.3 Å². The minimum atomic E-state index is -0.620. The number of hydrogen-bond acceptors (Lipinski definition) is 4. The van der Waals surface area contributed by atoms with Crippen LogP contribution in [0.1, 0.15) is 29.1 Å². The summed E-state index contributed by atoms with van der Waals surface area (Å²) in [5, 5.41) is 11.4. The number of amides is 1. The highest BCUT2D eigenvalue weighted by Crippen LogP contribution is 2.39. The van der Waals surface area contributed by atoms with Gasteiger partial charge in [-0.25, -0.2) is 4.98 Å². The second-order valence-electron chi connectivity index (χ2n) is 8.68. The molecule has 180 valence electrons. The summed E-state index contributed by atoms with van der Waals surface area (Å²) in [5.74, 6) is 0.0400. The Morgan fingerprint density at radius 3 is 2.25 bits per heavy atom. The molecule has 0 N–H and O–H groups in total. The summed E-state index contributed by atoms with van der Waals surface area (Å²) >= 11 is 18.6. The van der Waals surface area contributed by atoms with E-state index >= 15 is 0 Å². The van der Waals surface area contributed by atoms with Gasteiger partial charge >= 0.3 is 5.91 Å². The molecule has 1 saturated heterocycles. The molecule has 2 heterocycles. The Bertz CT molecular complexity index is 1450. The van der Waals surface area contributed by atoms with Crippen molar-refractivity contribution in [1.29, 1.82) is 5.26 Å².